The highest BCUT2D eigenvalue weighted by Crippen LogP contribution is 2.24. The van der Waals surface area contributed by atoms with Crippen LogP contribution in [-0.4, -0.2) is 22.1 Å². The Morgan fingerprint density at radius 3 is 2.47 bits per heavy atom. The maximum absolute atomic E-state index is 10.9. The Labute approximate surface area is 100.0 Å². The summed E-state index contributed by atoms with van der Waals surface area (Å²) in [5.74, 6) is -1.62. The van der Waals surface area contributed by atoms with Crippen LogP contribution in [-0.2, 0) is 20.3 Å². The highest BCUT2D eigenvalue weighted by molar-refractivity contribution is 7.32. The van der Waals surface area contributed by atoms with Gasteiger partial charge < -0.3 is 5.11 Å². The molecule has 1 aromatic rings. The standard InChI is InChI=1S/C11H13O5P/c1-8(7-9-5-3-2-4-6-9)10(11(12)13)16-17(14)15/h2-6,8,10H,7H2,1H3,(H-,12,13,14,15)/p+1/t8?,10-/m0/s1. The van der Waals surface area contributed by atoms with E-state index in [1.807, 2.05) is 30.3 Å². The van der Waals surface area contributed by atoms with E-state index in [0.29, 0.717) is 6.42 Å². The molecule has 1 aromatic carbocycles. The molecule has 92 valence electrons. The van der Waals surface area contributed by atoms with E-state index in [1.165, 1.54) is 0 Å². The van der Waals surface area contributed by atoms with Gasteiger partial charge in [0.2, 0.25) is 6.10 Å². The maximum Gasteiger partial charge on any atom is 0.695 e. The normalized spacial score (nSPS) is 15.1. The lowest BCUT2D eigenvalue weighted by Crippen LogP contribution is -2.30. The van der Waals surface area contributed by atoms with Gasteiger partial charge in [-0.25, -0.2) is 4.79 Å². The third-order valence-electron chi connectivity index (χ3n) is 2.36. The molecule has 0 amide bonds. The molecule has 0 aliphatic carbocycles. The summed E-state index contributed by atoms with van der Waals surface area (Å²) in [6, 6.07) is 9.31. The van der Waals surface area contributed by atoms with Gasteiger partial charge in [0.1, 0.15) is 0 Å². The molecule has 2 N–H and O–H groups in total. The molecule has 3 atom stereocenters. The van der Waals surface area contributed by atoms with Crippen molar-refractivity contribution < 1.29 is 23.9 Å². The minimum Gasteiger partial charge on any atom is -0.479 e. The molecule has 0 saturated heterocycles. The molecule has 17 heavy (non-hydrogen) atoms. The third-order valence-corrected chi connectivity index (χ3v) is 2.77. The molecule has 0 aliphatic heterocycles. The predicted octanol–water partition coefficient (Wildman–Crippen LogP) is 1.98. The van der Waals surface area contributed by atoms with E-state index < -0.39 is 20.3 Å². The van der Waals surface area contributed by atoms with Crippen LogP contribution in [0.3, 0.4) is 0 Å². The van der Waals surface area contributed by atoms with Crippen LogP contribution in [0.25, 0.3) is 0 Å². The van der Waals surface area contributed by atoms with Crippen molar-refractivity contribution in [1.82, 2.24) is 0 Å². The lowest BCUT2D eigenvalue weighted by Gasteiger charge is -2.14. The molecule has 0 spiro atoms. The minimum absolute atomic E-state index is 0.388. The molecule has 0 radical (unpaired) electrons. The predicted molar refractivity (Wildman–Crippen MR) is 61.6 cm³/mol. The van der Waals surface area contributed by atoms with Gasteiger partial charge in [0.25, 0.3) is 0 Å². The molecule has 2 unspecified atom stereocenters. The minimum atomic E-state index is -2.91. The van der Waals surface area contributed by atoms with Crippen LogP contribution in [0, 0.1) is 5.92 Å². The van der Waals surface area contributed by atoms with Crippen molar-refractivity contribution in [2.24, 2.45) is 5.92 Å². The summed E-state index contributed by atoms with van der Waals surface area (Å²) in [6.07, 6.45) is -0.801. The molecule has 6 heteroatoms. The van der Waals surface area contributed by atoms with Crippen molar-refractivity contribution in [3.05, 3.63) is 35.9 Å². The highest BCUT2D eigenvalue weighted by Gasteiger charge is 2.34. The summed E-state index contributed by atoms with van der Waals surface area (Å²) in [4.78, 5) is 19.5. The second-order valence-electron chi connectivity index (χ2n) is 3.77. The molecule has 0 saturated carbocycles. The summed E-state index contributed by atoms with van der Waals surface area (Å²) < 4.78 is 15.0. The molecule has 5 nitrogen and oxygen atoms in total. The first-order valence-corrected chi connectivity index (χ1v) is 6.23. The van der Waals surface area contributed by atoms with Crippen molar-refractivity contribution >= 4 is 14.2 Å². The smallest absolute Gasteiger partial charge is 0.479 e. The van der Waals surface area contributed by atoms with Crippen molar-refractivity contribution in [2.45, 2.75) is 19.4 Å². The number of hydrogen-bond acceptors (Lipinski definition) is 3. The van der Waals surface area contributed by atoms with Gasteiger partial charge >= 0.3 is 14.2 Å². The van der Waals surface area contributed by atoms with Crippen LogP contribution in [0.4, 0.5) is 0 Å². The Morgan fingerprint density at radius 2 is 2.00 bits per heavy atom. The van der Waals surface area contributed by atoms with E-state index >= 15 is 0 Å². The molecule has 0 fully saturated rings. The Morgan fingerprint density at radius 1 is 1.41 bits per heavy atom. The summed E-state index contributed by atoms with van der Waals surface area (Å²) in [5, 5.41) is 8.91. The topological polar surface area (TPSA) is 83.8 Å². The lowest BCUT2D eigenvalue weighted by atomic mass is 9.96. The Balaban J connectivity index is 2.68. The lowest BCUT2D eigenvalue weighted by molar-refractivity contribution is -0.147. The number of carboxylic acid groups (broad SMARTS) is 1. The van der Waals surface area contributed by atoms with E-state index in [4.69, 9.17) is 10.00 Å². The number of benzene rings is 1. The first-order valence-electron chi connectivity index (χ1n) is 5.10. The molecule has 1 rings (SSSR count). The van der Waals surface area contributed by atoms with Crippen LogP contribution in [0.2, 0.25) is 0 Å². The Kier molecular flexibility index (Phi) is 5.22. The van der Waals surface area contributed by atoms with Gasteiger partial charge in [0.15, 0.2) is 0 Å². The number of rotatable bonds is 6. The number of aliphatic carboxylic acids is 1. The SMILES string of the molecule is CC(Cc1ccccc1)[C@H](O[P+](=O)O)C(=O)O. The fourth-order valence-electron chi connectivity index (χ4n) is 1.58. The van der Waals surface area contributed by atoms with Gasteiger partial charge in [-0.05, 0) is 12.0 Å². The van der Waals surface area contributed by atoms with Crippen LogP contribution in [0.1, 0.15) is 12.5 Å². The molecular formula is C11H14O5P+. The molecular weight excluding hydrogens is 243 g/mol. The quantitative estimate of drug-likeness (QED) is 0.761. The summed E-state index contributed by atoms with van der Waals surface area (Å²) >= 11 is 0. The molecule has 0 bridgehead atoms. The largest absolute Gasteiger partial charge is 0.695 e. The van der Waals surface area contributed by atoms with Crippen molar-refractivity contribution in [3.8, 4) is 0 Å². The Hall–Kier alpha value is -1.29. The number of hydrogen-bond donors (Lipinski definition) is 2. The Bertz CT molecular complexity index is 392. The zero-order chi connectivity index (χ0) is 12.8. The summed E-state index contributed by atoms with van der Waals surface area (Å²) in [6.45, 7) is 1.67. The maximum atomic E-state index is 10.9. The molecule has 0 heterocycles. The first kappa shape index (κ1) is 13.8. The van der Waals surface area contributed by atoms with E-state index in [9.17, 15) is 9.36 Å². The van der Waals surface area contributed by atoms with Crippen molar-refractivity contribution in [3.63, 3.8) is 0 Å². The van der Waals surface area contributed by atoms with Crippen LogP contribution < -0.4 is 0 Å². The number of carboxylic acids is 1. The van der Waals surface area contributed by atoms with E-state index in [-0.39, 0.29) is 5.92 Å². The van der Waals surface area contributed by atoms with Crippen molar-refractivity contribution in [1.29, 1.82) is 0 Å². The zero-order valence-corrected chi connectivity index (χ0v) is 10.2. The molecule has 0 aliphatic rings. The fourth-order valence-corrected chi connectivity index (χ4v) is 2.07. The van der Waals surface area contributed by atoms with Crippen LogP contribution in [0.5, 0.6) is 0 Å². The second kappa shape index (κ2) is 6.45. The summed E-state index contributed by atoms with van der Waals surface area (Å²) in [7, 11) is -2.91. The van der Waals surface area contributed by atoms with Crippen molar-refractivity contribution in [2.75, 3.05) is 0 Å². The van der Waals surface area contributed by atoms with Gasteiger partial charge in [-0.2, -0.15) is 0 Å². The van der Waals surface area contributed by atoms with Gasteiger partial charge in [0.05, 0.1) is 0 Å². The average molecular weight is 257 g/mol. The van der Waals surface area contributed by atoms with E-state index in [1.54, 1.807) is 6.92 Å². The van der Waals surface area contributed by atoms with Gasteiger partial charge in [-0.3, -0.25) is 0 Å². The molecule has 0 aromatic heterocycles. The van der Waals surface area contributed by atoms with Crippen LogP contribution in [0.15, 0.2) is 30.3 Å². The zero-order valence-electron chi connectivity index (χ0n) is 9.31. The van der Waals surface area contributed by atoms with Gasteiger partial charge in [-0.15, -0.1) is 9.42 Å². The third kappa shape index (κ3) is 4.61. The second-order valence-corrected chi connectivity index (χ2v) is 4.46. The van der Waals surface area contributed by atoms with Crippen LogP contribution >= 0.6 is 8.25 Å². The number of carbonyl (C=O) groups is 1. The highest BCUT2D eigenvalue weighted by atomic mass is 31.1. The van der Waals surface area contributed by atoms with E-state index in [2.05, 4.69) is 4.52 Å². The monoisotopic (exact) mass is 257 g/mol. The fraction of sp³-hybridized carbons (Fsp3) is 0.364. The van der Waals surface area contributed by atoms with Gasteiger partial charge in [0, 0.05) is 10.5 Å². The van der Waals surface area contributed by atoms with Gasteiger partial charge in [-0.1, -0.05) is 37.3 Å². The summed E-state index contributed by atoms with van der Waals surface area (Å²) in [5.41, 5.74) is 0.961. The average Bonchev–Trinajstić information content (AvgIpc) is 2.26. The first-order chi connectivity index (χ1) is 8.00. The van der Waals surface area contributed by atoms with E-state index in [0.717, 1.165) is 5.56 Å².